The van der Waals surface area contributed by atoms with Crippen molar-refractivity contribution in [1.29, 1.82) is 0 Å². The number of nitrogens with zero attached hydrogens (tertiary/aromatic N) is 2. The van der Waals surface area contributed by atoms with Gasteiger partial charge in [0.1, 0.15) is 6.29 Å². The number of rotatable bonds is 3. The highest BCUT2D eigenvalue weighted by Crippen LogP contribution is 2.09. The fourth-order valence-electron chi connectivity index (χ4n) is 1.31. The van der Waals surface area contributed by atoms with Crippen molar-refractivity contribution < 1.29 is 4.79 Å². The summed E-state index contributed by atoms with van der Waals surface area (Å²) in [6, 6.07) is 7.47. The molecule has 3 nitrogen and oxygen atoms in total. The SMILES string of the molecule is O=Cc1ccc(Cn2cc(Br)cn2)cc1. The van der Waals surface area contributed by atoms with Crippen molar-refractivity contribution in [3.63, 3.8) is 0 Å². The summed E-state index contributed by atoms with van der Waals surface area (Å²) in [6.45, 7) is 0.713. The average Bonchev–Trinajstić information content (AvgIpc) is 2.65. The summed E-state index contributed by atoms with van der Waals surface area (Å²) in [5, 5.41) is 4.15. The maximum absolute atomic E-state index is 10.5. The van der Waals surface area contributed by atoms with Crippen LogP contribution in [-0.4, -0.2) is 16.1 Å². The largest absolute Gasteiger partial charge is 0.298 e. The van der Waals surface area contributed by atoms with Crippen molar-refractivity contribution >= 4 is 22.2 Å². The molecule has 0 atom stereocenters. The molecule has 0 radical (unpaired) electrons. The summed E-state index contributed by atoms with van der Waals surface area (Å²) < 4.78 is 2.80. The number of aromatic nitrogens is 2. The maximum atomic E-state index is 10.5. The predicted molar refractivity (Wildman–Crippen MR) is 60.9 cm³/mol. The molecule has 0 N–H and O–H groups in total. The van der Waals surface area contributed by atoms with E-state index in [0.717, 1.165) is 16.3 Å². The minimum absolute atomic E-state index is 0.695. The van der Waals surface area contributed by atoms with Gasteiger partial charge in [0.2, 0.25) is 0 Å². The van der Waals surface area contributed by atoms with Crippen molar-refractivity contribution in [1.82, 2.24) is 9.78 Å². The van der Waals surface area contributed by atoms with Crippen molar-refractivity contribution in [2.24, 2.45) is 0 Å². The molecule has 0 spiro atoms. The molecular formula is C11H9BrN2O. The molecular weight excluding hydrogens is 256 g/mol. The van der Waals surface area contributed by atoms with Crippen LogP contribution >= 0.6 is 15.9 Å². The van der Waals surface area contributed by atoms with E-state index in [1.807, 2.05) is 23.0 Å². The molecule has 4 heteroatoms. The molecule has 0 saturated heterocycles. The smallest absolute Gasteiger partial charge is 0.150 e. The molecule has 0 aliphatic carbocycles. The van der Waals surface area contributed by atoms with Crippen LogP contribution < -0.4 is 0 Å². The van der Waals surface area contributed by atoms with Gasteiger partial charge in [0, 0.05) is 11.8 Å². The van der Waals surface area contributed by atoms with Crippen LogP contribution in [-0.2, 0) is 6.54 Å². The lowest BCUT2D eigenvalue weighted by atomic mass is 10.1. The molecule has 1 heterocycles. The van der Waals surface area contributed by atoms with Gasteiger partial charge in [-0.15, -0.1) is 0 Å². The lowest BCUT2D eigenvalue weighted by Gasteiger charge is -2.01. The first-order valence-corrected chi connectivity index (χ1v) is 5.29. The van der Waals surface area contributed by atoms with Crippen molar-refractivity contribution in [3.05, 3.63) is 52.3 Å². The molecule has 1 aromatic carbocycles. The summed E-state index contributed by atoms with van der Waals surface area (Å²) >= 11 is 3.34. The van der Waals surface area contributed by atoms with Crippen LogP contribution in [0.5, 0.6) is 0 Å². The van der Waals surface area contributed by atoms with E-state index in [4.69, 9.17) is 0 Å². The molecule has 0 saturated carbocycles. The Hall–Kier alpha value is -1.42. The number of hydrogen-bond acceptors (Lipinski definition) is 2. The van der Waals surface area contributed by atoms with Gasteiger partial charge in [0.15, 0.2) is 0 Å². The Morgan fingerprint density at radius 3 is 2.60 bits per heavy atom. The molecule has 0 aliphatic heterocycles. The molecule has 2 rings (SSSR count). The fraction of sp³-hybridized carbons (Fsp3) is 0.0909. The Bertz CT molecular complexity index is 462. The third-order valence-corrected chi connectivity index (χ3v) is 2.47. The van der Waals surface area contributed by atoms with E-state index in [9.17, 15) is 4.79 Å². The van der Waals surface area contributed by atoms with Crippen LogP contribution in [0, 0.1) is 0 Å². The third kappa shape index (κ3) is 2.53. The van der Waals surface area contributed by atoms with E-state index < -0.39 is 0 Å². The molecule has 0 fully saturated rings. The van der Waals surface area contributed by atoms with E-state index in [0.29, 0.717) is 12.1 Å². The zero-order valence-electron chi connectivity index (χ0n) is 7.93. The Balaban J connectivity index is 2.14. The highest BCUT2D eigenvalue weighted by Gasteiger charge is 1.97. The zero-order chi connectivity index (χ0) is 10.7. The summed E-state index contributed by atoms with van der Waals surface area (Å²) in [4.78, 5) is 10.5. The Morgan fingerprint density at radius 2 is 2.07 bits per heavy atom. The highest BCUT2D eigenvalue weighted by atomic mass is 79.9. The molecule has 2 aromatic rings. The normalized spacial score (nSPS) is 10.2. The topological polar surface area (TPSA) is 34.9 Å². The van der Waals surface area contributed by atoms with Crippen LogP contribution in [0.4, 0.5) is 0 Å². The Kier molecular flexibility index (Phi) is 2.97. The van der Waals surface area contributed by atoms with Crippen LogP contribution in [0.25, 0.3) is 0 Å². The van der Waals surface area contributed by atoms with E-state index in [1.54, 1.807) is 18.3 Å². The summed E-state index contributed by atoms with van der Waals surface area (Å²) in [7, 11) is 0. The van der Waals surface area contributed by atoms with Crippen LogP contribution in [0.15, 0.2) is 41.1 Å². The Labute approximate surface area is 95.9 Å². The minimum atomic E-state index is 0.695. The van der Waals surface area contributed by atoms with Gasteiger partial charge in [-0.25, -0.2) is 0 Å². The average molecular weight is 265 g/mol. The fourth-order valence-corrected chi connectivity index (χ4v) is 1.64. The molecule has 76 valence electrons. The van der Waals surface area contributed by atoms with E-state index in [1.165, 1.54) is 0 Å². The number of benzene rings is 1. The van der Waals surface area contributed by atoms with Crippen LogP contribution in [0.2, 0.25) is 0 Å². The van der Waals surface area contributed by atoms with Crippen LogP contribution in [0.3, 0.4) is 0 Å². The highest BCUT2D eigenvalue weighted by molar-refractivity contribution is 9.10. The van der Waals surface area contributed by atoms with Crippen molar-refractivity contribution in [2.75, 3.05) is 0 Å². The van der Waals surface area contributed by atoms with E-state index in [-0.39, 0.29) is 0 Å². The Morgan fingerprint density at radius 1 is 1.33 bits per heavy atom. The first kappa shape index (κ1) is 10.1. The quantitative estimate of drug-likeness (QED) is 0.799. The first-order chi connectivity index (χ1) is 7.28. The number of aldehydes is 1. The number of halogens is 1. The lowest BCUT2D eigenvalue weighted by molar-refractivity contribution is 0.112. The van der Waals surface area contributed by atoms with Gasteiger partial charge in [0.05, 0.1) is 17.2 Å². The standard InChI is InChI=1S/C11H9BrN2O/c12-11-5-13-14(7-11)6-9-1-3-10(8-15)4-2-9/h1-5,7-8H,6H2. The van der Waals surface area contributed by atoms with Gasteiger partial charge in [-0.2, -0.15) is 5.10 Å². The van der Waals surface area contributed by atoms with Gasteiger partial charge < -0.3 is 0 Å². The number of hydrogen-bond donors (Lipinski definition) is 0. The van der Waals surface area contributed by atoms with Gasteiger partial charge in [0.25, 0.3) is 0 Å². The molecule has 15 heavy (non-hydrogen) atoms. The summed E-state index contributed by atoms with van der Waals surface area (Å²) in [5.74, 6) is 0. The van der Waals surface area contributed by atoms with Crippen molar-refractivity contribution in [2.45, 2.75) is 6.54 Å². The first-order valence-electron chi connectivity index (χ1n) is 4.50. The van der Waals surface area contributed by atoms with E-state index in [2.05, 4.69) is 21.0 Å². The van der Waals surface area contributed by atoms with E-state index >= 15 is 0 Å². The third-order valence-electron chi connectivity index (χ3n) is 2.06. The van der Waals surface area contributed by atoms with Gasteiger partial charge in [-0.05, 0) is 21.5 Å². The second-order valence-electron chi connectivity index (χ2n) is 3.22. The lowest BCUT2D eigenvalue weighted by Crippen LogP contribution is -1.99. The van der Waals surface area contributed by atoms with Gasteiger partial charge in [-0.1, -0.05) is 24.3 Å². The maximum Gasteiger partial charge on any atom is 0.150 e. The number of carbonyl (C=O) groups excluding carboxylic acids is 1. The molecule has 0 bridgehead atoms. The molecule has 0 unspecified atom stereocenters. The van der Waals surface area contributed by atoms with Gasteiger partial charge >= 0.3 is 0 Å². The zero-order valence-corrected chi connectivity index (χ0v) is 9.52. The van der Waals surface area contributed by atoms with Crippen molar-refractivity contribution in [3.8, 4) is 0 Å². The summed E-state index contributed by atoms with van der Waals surface area (Å²) in [5.41, 5.74) is 1.82. The predicted octanol–water partition coefficient (Wildman–Crippen LogP) is 2.51. The molecule has 1 aromatic heterocycles. The van der Waals surface area contributed by atoms with Gasteiger partial charge in [-0.3, -0.25) is 9.48 Å². The molecule has 0 aliphatic rings. The second kappa shape index (κ2) is 4.40. The van der Waals surface area contributed by atoms with Crippen LogP contribution in [0.1, 0.15) is 15.9 Å². The monoisotopic (exact) mass is 264 g/mol. The second-order valence-corrected chi connectivity index (χ2v) is 4.13. The number of carbonyl (C=O) groups is 1. The molecule has 0 amide bonds. The minimum Gasteiger partial charge on any atom is -0.298 e. The summed E-state index contributed by atoms with van der Waals surface area (Å²) in [6.07, 6.45) is 4.50.